The number of rotatable bonds is 4. The summed E-state index contributed by atoms with van der Waals surface area (Å²) in [5, 5.41) is 5.57. The standard InChI is InChI=1S/C14H18Br2N2O2/c1-14(2,3)18-12(19)4-5-17-13(20)9-6-10(15)8-11(16)7-9/h6-8H,4-5H2,1-3H3,(H,17,20)(H,18,19). The first kappa shape index (κ1) is 17.2. The van der Waals surface area contributed by atoms with Crippen molar-refractivity contribution in [2.75, 3.05) is 6.54 Å². The molecule has 0 saturated carbocycles. The molecule has 0 atom stereocenters. The zero-order valence-corrected chi connectivity index (χ0v) is 14.9. The maximum atomic E-state index is 11.9. The maximum Gasteiger partial charge on any atom is 0.251 e. The van der Waals surface area contributed by atoms with Gasteiger partial charge in [0.15, 0.2) is 0 Å². The normalized spacial score (nSPS) is 11.1. The second-order valence-corrected chi connectivity index (χ2v) is 7.29. The molecule has 0 aliphatic rings. The molecule has 1 rings (SSSR count). The predicted octanol–water partition coefficient (Wildman–Crippen LogP) is 3.25. The van der Waals surface area contributed by atoms with E-state index in [1.165, 1.54) is 0 Å². The lowest BCUT2D eigenvalue weighted by Crippen LogP contribution is -2.41. The highest BCUT2D eigenvalue weighted by Crippen LogP contribution is 2.19. The van der Waals surface area contributed by atoms with E-state index in [9.17, 15) is 9.59 Å². The van der Waals surface area contributed by atoms with Crippen LogP contribution in [0, 0.1) is 0 Å². The lowest BCUT2D eigenvalue weighted by atomic mass is 10.1. The van der Waals surface area contributed by atoms with Crippen LogP contribution in [0.4, 0.5) is 0 Å². The van der Waals surface area contributed by atoms with E-state index in [4.69, 9.17) is 0 Å². The molecule has 2 amide bonds. The molecule has 20 heavy (non-hydrogen) atoms. The fraction of sp³-hybridized carbons (Fsp3) is 0.429. The van der Waals surface area contributed by atoms with Gasteiger partial charge in [-0.25, -0.2) is 0 Å². The van der Waals surface area contributed by atoms with E-state index < -0.39 is 0 Å². The fourth-order valence-electron chi connectivity index (χ4n) is 1.56. The lowest BCUT2D eigenvalue weighted by molar-refractivity contribution is -0.122. The number of carbonyl (C=O) groups is 2. The molecule has 1 aromatic carbocycles. The minimum atomic E-state index is -0.254. The topological polar surface area (TPSA) is 58.2 Å². The van der Waals surface area contributed by atoms with Crippen LogP contribution in [0.15, 0.2) is 27.1 Å². The number of halogens is 2. The van der Waals surface area contributed by atoms with E-state index in [0.29, 0.717) is 12.1 Å². The van der Waals surface area contributed by atoms with Gasteiger partial charge in [0.1, 0.15) is 0 Å². The molecule has 0 spiro atoms. The number of nitrogens with one attached hydrogen (secondary N) is 2. The summed E-state index contributed by atoms with van der Waals surface area (Å²) < 4.78 is 1.64. The van der Waals surface area contributed by atoms with Crippen molar-refractivity contribution in [3.05, 3.63) is 32.7 Å². The van der Waals surface area contributed by atoms with Crippen molar-refractivity contribution in [1.82, 2.24) is 10.6 Å². The summed E-state index contributed by atoms with van der Waals surface area (Å²) in [5.74, 6) is -0.274. The van der Waals surface area contributed by atoms with Crippen LogP contribution < -0.4 is 10.6 Å². The Morgan fingerprint density at radius 1 is 1.10 bits per heavy atom. The summed E-state index contributed by atoms with van der Waals surface area (Å²) in [6, 6.07) is 5.32. The molecule has 2 N–H and O–H groups in total. The van der Waals surface area contributed by atoms with E-state index in [2.05, 4.69) is 42.5 Å². The second-order valence-electron chi connectivity index (χ2n) is 5.46. The Kier molecular flexibility index (Phi) is 6.20. The number of hydrogen-bond donors (Lipinski definition) is 2. The predicted molar refractivity (Wildman–Crippen MR) is 86.7 cm³/mol. The SMILES string of the molecule is CC(C)(C)NC(=O)CCNC(=O)c1cc(Br)cc(Br)c1. The van der Waals surface area contributed by atoms with Crippen LogP contribution in [0.3, 0.4) is 0 Å². The monoisotopic (exact) mass is 404 g/mol. The van der Waals surface area contributed by atoms with E-state index in [0.717, 1.165) is 8.95 Å². The highest BCUT2D eigenvalue weighted by atomic mass is 79.9. The zero-order chi connectivity index (χ0) is 15.3. The van der Waals surface area contributed by atoms with Gasteiger partial charge in [0, 0.05) is 33.0 Å². The summed E-state index contributed by atoms with van der Waals surface area (Å²) in [4.78, 5) is 23.5. The molecule has 0 unspecified atom stereocenters. The highest BCUT2D eigenvalue weighted by Gasteiger charge is 2.14. The van der Waals surface area contributed by atoms with E-state index in [1.54, 1.807) is 12.1 Å². The van der Waals surface area contributed by atoms with Crippen molar-refractivity contribution in [2.45, 2.75) is 32.7 Å². The number of hydrogen-bond acceptors (Lipinski definition) is 2. The smallest absolute Gasteiger partial charge is 0.251 e. The van der Waals surface area contributed by atoms with E-state index in [1.807, 2.05) is 26.8 Å². The van der Waals surface area contributed by atoms with Gasteiger partial charge in [-0.2, -0.15) is 0 Å². The van der Waals surface area contributed by atoms with Gasteiger partial charge in [0.25, 0.3) is 5.91 Å². The third kappa shape index (κ3) is 6.52. The number of amides is 2. The minimum Gasteiger partial charge on any atom is -0.352 e. The van der Waals surface area contributed by atoms with Crippen molar-refractivity contribution >= 4 is 43.7 Å². The summed E-state index contributed by atoms with van der Waals surface area (Å²) >= 11 is 6.66. The average Bonchev–Trinajstić information content (AvgIpc) is 2.24. The minimum absolute atomic E-state index is 0.0757. The first-order valence-corrected chi connectivity index (χ1v) is 7.81. The largest absolute Gasteiger partial charge is 0.352 e. The van der Waals surface area contributed by atoms with Gasteiger partial charge in [0.05, 0.1) is 0 Å². The first-order chi connectivity index (χ1) is 9.17. The van der Waals surface area contributed by atoms with Crippen molar-refractivity contribution in [2.24, 2.45) is 0 Å². The van der Waals surface area contributed by atoms with Gasteiger partial charge >= 0.3 is 0 Å². The molecule has 1 aromatic rings. The molecule has 0 radical (unpaired) electrons. The molecule has 4 nitrogen and oxygen atoms in total. The van der Waals surface area contributed by atoms with Crippen molar-refractivity contribution in [1.29, 1.82) is 0 Å². The fourth-order valence-corrected chi connectivity index (χ4v) is 2.85. The highest BCUT2D eigenvalue weighted by molar-refractivity contribution is 9.11. The van der Waals surface area contributed by atoms with Crippen LogP contribution in [0.5, 0.6) is 0 Å². The van der Waals surface area contributed by atoms with Crippen LogP contribution in [0.25, 0.3) is 0 Å². The molecule has 6 heteroatoms. The van der Waals surface area contributed by atoms with Crippen LogP contribution in [-0.2, 0) is 4.79 Å². The molecule has 0 heterocycles. The van der Waals surface area contributed by atoms with Gasteiger partial charge in [-0.15, -0.1) is 0 Å². The average molecular weight is 406 g/mol. The molecule has 110 valence electrons. The molecule has 0 aliphatic heterocycles. The van der Waals surface area contributed by atoms with Crippen molar-refractivity contribution < 1.29 is 9.59 Å². The zero-order valence-electron chi connectivity index (χ0n) is 11.7. The summed E-state index contributed by atoms with van der Waals surface area (Å²) in [6.07, 6.45) is 0.262. The Morgan fingerprint density at radius 3 is 2.15 bits per heavy atom. The third-order valence-corrected chi connectivity index (χ3v) is 3.19. The van der Waals surface area contributed by atoms with Crippen LogP contribution in [-0.4, -0.2) is 23.9 Å². The Bertz CT molecular complexity index is 490. The first-order valence-electron chi connectivity index (χ1n) is 6.23. The van der Waals surface area contributed by atoms with Crippen molar-refractivity contribution in [3.63, 3.8) is 0 Å². The van der Waals surface area contributed by atoms with E-state index in [-0.39, 0.29) is 23.8 Å². The van der Waals surface area contributed by atoms with Crippen molar-refractivity contribution in [3.8, 4) is 0 Å². The van der Waals surface area contributed by atoms with Gasteiger partial charge in [-0.1, -0.05) is 31.9 Å². The molecule has 0 fully saturated rings. The summed E-state index contributed by atoms with van der Waals surface area (Å²) in [6.45, 7) is 6.07. The van der Waals surface area contributed by atoms with Gasteiger partial charge in [-0.3, -0.25) is 9.59 Å². The Morgan fingerprint density at radius 2 is 1.65 bits per heavy atom. The quantitative estimate of drug-likeness (QED) is 0.807. The van der Waals surface area contributed by atoms with Gasteiger partial charge < -0.3 is 10.6 Å². The second kappa shape index (κ2) is 7.22. The summed E-state index contributed by atoms with van der Waals surface area (Å²) in [5.41, 5.74) is 0.290. The number of benzene rings is 1. The molecule has 0 aromatic heterocycles. The van der Waals surface area contributed by atoms with E-state index >= 15 is 0 Å². The van der Waals surface area contributed by atoms with Gasteiger partial charge in [-0.05, 0) is 39.0 Å². The molecule has 0 saturated heterocycles. The Labute approximate surface area is 136 Å². The molecule has 0 aliphatic carbocycles. The van der Waals surface area contributed by atoms with Crippen LogP contribution in [0.1, 0.15) is 37.6 Å². The Balaban J connectivity index is 2.46. The molecular weight excluding hydrogens is 388 g/mol. The third-order valence-electron chi connectivity index (χ3n) is 2.28. The molecular formula is C14H18Br2N2O2. The van der Waals surface area contributed by atoms with Gasteiger partial charge in [0.2, 0.25) is 5.91 Å². The molecule has 0 bridgehead atoms. The van der Waals surface area contributed by atoms with Crippen LogP contribution >= 0.6 is 31.9 Å². The number of carbonyl (C=O) groups excluding carboxylic acids is 2. The lowest BCUT2D eigenvalue weighted by Gasteiger charge is -2.20. The summed E-state index contributed by atoms with van der Waals surface area (Å²) in [7, 11) is 0. The van der Waals surface area contributed by atoms with Crippen LogP contribution in [0.2, 0.25) is 0 Å². The maximum absolute atomic E-state index is 11.9. The Hall–Kier alpha value is -0.880.